The van der Waals surface area contributed by atoms with Crippen LogP contribution in [0.3, 0.4) is 0 Å². The van der Waals surface area contributed by atoms with Gasteiger partial charge in [0.2, 0.25) is 0 Å². The normalized spacial score (nSPS) is 25.6. The Balaban J connectivity index is 1.24. The highest BCUT2D eigenvalue weighted by Gasteiger charge is 2.49. The van der Waals surface area contributed by atoms with E-state index in [0.29, 0.717) is 29.9 Å². The first-order valence-electron chi connectivity index (χ1n) is 18.2. The number of anilines is 1. The quantitative estimate of drug-likeness (QED) is 0.206. The third kappa shape index (κ3) is 7.32. The third-order valence-corrected chi connectivity index (χ3v) is 13.5. The van der Waals surface area contributed by atoms with Crippen molar-refractivity contribution in [1.82, 2.24) is 4.90 Å². The van der Waals surface area contributed by atoms with Crippen LogP contribution in [0.15, 0.2) is 71.6 Å². The second-order valence-corrected chi connectivity index (χ2v) is 17.0. The Morgan fingerprint density at radius 1 is 0.875 bits per heavy atom. The molecule has 7 nitrogen and oxygen atoms in total. The fourth-order valence-electron chi connectivity index (χ4n) is 8.43. The molecule has 3 saturated heterocycles. The molecule has 2 bridgehead atoms. The highest BCUT2D eigenvalue weighted by atomic mass is 32.2. The van der Waals surface area contributed by atoms with E-state index in [1.807, 2.05) is 55.4 Å². The molecule has 0 spiro atoms. The monoisotopic (exact) mass is 674 g/mol. The van der Waals surface area contributed by atoms with Crippen LogP contribution in [0.25, 0.3) is 0 Å². The fourth-order valence-corrected chi connectivity index (χ4v) is 10.6. The standard InChI is InChI=1S/C40H56N3O4S/c1-5-7-19-40(20-8-6-2)30-48(45,46)37-18-15-34(41(3)4)27-36(37)38(39(40)44)33-13-16-35(17-14-33)47-29-32-11-9-31(10-12-32)28-43-24-21-42(22-25-43)23-26-43/h9-18,27,38-39,44H,5-8,19-26,28-30H2,1-4H3/q+1/t38-,39?/m0/s1. The summed E-state index contributed by atoms with van der Waals surface area (Å²) in [6.07, 6.45) is 4.21. The summed E-state index contributed by atoms with van der Waals surface area (Å²) in [7, 11) is 0.290. The van der Waals surface area contributed by atoms with Crippen LogP contribution in [0, 0.1) is 5.41 Å². The Bertz CT molecular complexity index is 1610. The van der Waals surface area contributed by atoms with E-state index in [2.05, 4.69) is 43.0 Å². The minimum absolute atomic E-state index is 0.0232. The van der Waals surface area contributed by atoms with Gasteiger partial charge in [-0.15, -0.1) is 0 Å². The van der Waals surface area contributed by atoms with Crippen LogP contribution in [-0.2, 0) is 23.0 Å². The molecule has 1 unspecified atom stereocenters. The van der Waals surface area contributed by atoms with E-state index < -0.39 is 27.3 Å². The smallest absolute Gasteiger partial charge is 0.179 e. The molecule has 7 rings (SSSR count). The number of benzene rings is 3. The summed E-state index contributed by atoms with van der Waals surface area (Å²) in [4.78, 5) is 4.93. The molecule has 1 N–H and O–H groups in total. The Kier molecular flexibility index (Phi) is 10.6. The number of ether oxygens (including phenoxy) is 1. The first kappa shape index (κ1) is 34.9. The van der Waals surface area contributed by atoms with Gasteiger partial charge in [0.05, 0.1) is 36.4 Å². The molecule has 4 aliphatic heterocycles. The van der Waals surface area contributed by atoms with Gasteiger partial charge in [0.1, 0.15) is 18.9 Å². The minimum atomic E-state index is -3.63. The first-order valence-corrected chi connectivity index (χ1v) is 19.8. The van der Waals surface area contributed by atoms with Crippen molar-refractivity contribution < 1.29 is 22.7 Å². The second-order valence-electron chi connectivity index (χ2n) is 15.1. The molecule has 3 aromatic carbocycles. The highest BCUT2D eigenvalue weighted by Crippen LogP contribution is 2.50. The lowest BCUT2D eigenvalue weighted by Gasteiger charge is -2.50. The number of sulfone groups is 1. The Labute approximate surface area is 289 Å². The lowest BCUT2D eigenvalue weighted by Crippen LogP contribution is -2.66. The predicted octanol–water partition coefficient (Wildman–Crippen LogP) is 6.62. The van der Waals surface area contributed by atoms with Gasteiger partial charge < -0.3 is 19.2 Å². The SMILES string of the molecule is CCCCC1(CCCC)CS(=O)(=O)c2ccc(N(C)C)cc2[C@H](c2ccc(OCc3ccc(C[N+]45CCN(CC4)CC5)cc3)cc2)C1O. The van der Waals surface area contributed by atoms with Crippen molar-refractivity contribution in [1.29, 1.82) is 0 Å². The van der Waals surface area contributed by atoms with Gasteiger partial charge in [-0.3, -0.25) is 4.90 Å². The average Bonchev–Trinajstić information content (AvgIpc) is 3.17. The second kappa shape index (κ2) is 14.5. The van der Waals surface area contributed by atoms with Crippen LogP contribution in [0.4, 0.5) is 5.69 Å². The zero-order chi connectivity index (χ0) is 33.9. The van der Waals surface area contributed by atoms with Crippen molar-refractivity contribution in [2.24, 2.45) is 5.41 Å². The number of rotatable bonds is 13. The van der Waals surface area contributed by atoms with Gasteiger partial charge in [-0.1, -0.05) is 75.9 Å². The molecule has 8 heteroatoms. The first-order chi connectivity index (χ1) is 23.1. The maximum Gasteiger partial charge on any atom is 0.179 e. The average molecular weight is 675 g/mol. The van der Waals surface area contributed by atoms with E-state index in [0.717, 1.165) is 54.8 Å². The lowest BCUT2D eigenvalue weighted by molar-refractivity contribution is -0.953. The summed E-state index contributed by atoms with van der Waals surface area (Å²) in [5, 5.41) is 12.4. The Morgan fingerprint density at radius 2 is 1.48 bits per heavy atom. The molecule has 3 aromatic rings. The molecule has 2 atom stereocenters. The number of aliphatic hydroxyl groups excluding tert-OH is 1. The van der Waals surface area contributed by atoms with E-state index in [4.69, 9.17) is 4.74 Å². The van der Waals surface area contributed by atoms with Gasteiger partial charge in [-0.05, 0) is 59.9 Å². The molecule has 0 amide bonds. The van der Waals surface area contributed by atoms with Crippen molar-refractivity contribution in [2.75, 3.05) is 64.0 Å². The maximum absolute atomic E-state index is 14.1. The molecule has 0 radical (unpaired) electrons. The van der Waals surface area contributed by atoms with E-state index >= 15 is 0 Å². The molecule has 48 heavy (non-hydrogen) atoms. The number of unbranched alkanes of at least 4 members (excludes halogenated alkanes) is 2. The van der Waals surface area contributed by atoms with Crippen molar-refractivity contribution in [2.45, 2.75) is 82.4 Å². The van der Waals surface area contributed by atoms with Crippen LogP contribution in [0.2, 0.25) is 0 Å². The van der Waals surface area contributed by atoms with Gasteiger partial charge in [0, 0.05) is 56.3 Å². The number of hydrogen-bond donors (Lipinski definition) is 1. The molecule has 0 aliphatic carbocycles. The molecule has 4 aliphatic rings. The zero-order valence-electron chi connectivity index (χ0n) is 29.5. The van der Waals surface area contributed by atoms with Gasteiger partial charge in [0.25, 0.3) is 0 Å². The van der Waals surface area contributed by atoms with E-state index in [9.17, 15) is 13.5 Å². The molecule has 3 fully saturated rings. The number of fused-ring (bicyclic) bond motifs is 4. The summed E-state index contributed by atoms with van der Waals surface area (Å²) >= 11 is 0. The van der Waals surface area contributed by atoms with Crippen LogP contribution in [-0.4, -0.2) is 88.1 Å². The summed E-state index contributed by atoms with van der Waals surface area (Å²) in [6.45, 7) is 13.3. The largest absolute Gasteiger partial charge is 0.489 e. The van der Waals surface area contributed by atoms with Crippen molar-refractivity contribution in [3.8, 4) is 5.75 Å². The van der Waals surface area contributed by atoms with E-state index in [1.165, 1.54) is 49.3 Å². The van der Waals surface area contributed by atoms with Gasteiger partial charge in [-0.2, -0.15) is 0 Å². The Morgan fingerprint density at radius 3 is 2.06 bits per heavy atom. The van der Waals surface area contributed by atoms with Crippen LogP contribution < -0.4 is 9.64 Å². The maximum atomic E-state index is 14.1. The van der Waals surface area contributed by atoms with Crippen LogP contribution >= 0.6 is 0 Å². The van der Waals surface area contributed by atoms with Crippen molar-refractivity contribution >= 4 is 15.5 Å². The Hall–Kier alpha value is -2.91. The summed E-state index contributed by atoms with van der Waals surface area (Å²) < 4.78 is 35.7. The van der Waals surface area contributed by atoms with Gasteiger partial charge >= 0.3 is 0 Å². The van der Waals surface area contributed by atoms with Gasteiger partial charge in [0.15, 0.2) is 9.84 Å². The minimum Gasteiger partial charge on any atom is -0.489 e. The van der Waals surface area contributed by atoms with Crippen molar-refractivity contribution in [3.63, 3.8) is 0 Å². The summed E-state index contributed by atoms with van der Waals surface area (Å²) in [5.74, 6) is 0.264. The molecule has 260 valence electrons. The van der Waals surface area contributed by atoms with Crippen molar-refractivity contribution in [3.05, 3.63) is 89.0 Å². The summed E-state index contributed by atoms with van der Waals surface area (Å²) in [5.41, 5.74) is 4.34. The highest BCUT2D eigenvalue weighted by molar-refractivity contribution is 7.91. The number of aliphatic hydroxyl groups is 1. The number of nitrogens with zero attached hydrogens (tertiary/aromatic N) is 3. The third-order valence-electron chi connectivity index (χ3n) is 11.5. The predicted molar refractivity (Wildman–Crippen MR) is 194 cm³/mol. The number of hydrogen-bond acceptors (Lipinski definition) is 6. The van der Waals surface area contributed by atoms with Crippen LogP contribution in [0.5, 0.6) is 5.75 Å². The number of piperazine rings is 3. The molecular formula is C40H56N3O4S+. The zero-order valence-corrected chi connectivity index (χ0v) is 30.4. The molecule has 4 heterocycles. The van der Waals surface area contributed by atoms with E-state index in [-0.39, 0.29) is 5.75 Å². The lowest BCUT2D eigenvalue weighted by atomic mass is 9.68. The number of quaternary nitrogens is 1. The van der Waals surface area contributed by atoms with Crippen LogP contribution in [0.1, 0.15) is 80.5 Å². The fraction of sp³-hybridized carbons (Fsp3) is 0.550. The molecular weight excluding hydrogens is 619 g/mol. The van der Waals surface area contributed by atoms with Gasteiger partial charge in [-0.25, -0.2) is 8.42 Å². The molecule has 0 saturated carbocycles. The topological polar surface area (TPSA) is 70.1 Å². The molecule has 0 aromatic heterocycles. The summed E-state index contributed by atoms with van der Waals surface area (Å²) in [6, 6.07) is 22.5. The van der Waals surface area contributed by atoms with E-state index in [1.54, 1.807) is 6.07 Å².